The van der Waals surface area contributed by atoms with E-state index >= 15 is 0 Å². The molecule has 1 unspecified atom stereocenters. The van der Waals surface area contributed by atoms with E-state index in [9.17, 15) is 14.4 Å². The highest BCUT2D eigenvalue weighted by atomic mass is 16.6. The van der Waals surface area contributed by atoms with Crippen LogP contribution in [0.5, 0.6) is 0 Å². The molecule has 0 rings (SSSR count). The van der Waals surface area contributed by atoms with Crippen LogP contribution in [0, 0.1) is 0 Å². The van der Waals surface area contributed by atoms with Crippen LogP contribution in [0.3, 0.4) is 0 Å². The van der Waals surface area contributed by atoms with Gasteiger partial charge in [0.2, 0.25) is 0 Å². The molecule has 0 saturated carbocycles. The first kappa shape index (κ1) is 77.8. The Hall–Kier alpha value is -4.19. The highest BCUT2D eigenvalue weighted by Gasteiger charge is 2.19. The average Bonchev–Trinajstić information content (AvgIpc) is 3.48. The number of rotatable bonds is 62. The first-order valence-electron chi connectivity index (χ1n) is 34.5. The maximum Gasteiger partial charge on any atom is 0.306 e. The summed E-state index contributed by atoms with van der Waals surface area (Å²) in [7, 11) is 0. The predicted octanol–water partition coefficient (Wildman–Crippen LogP) is 23.9. The molecule has 0 aromatic carbocycles. The fraction of sp³-hybridized carbons (Fsp3) is 0.697. The average molecular weight is 1140 g/mol. The first-order chi connectivity index (χ1) is 40.5. The van der Waals surface area contributed by atoms with E-state index in [0.29, 0.717) is 19.3 Å². The normalized spacial score (nSPS) is 12.9. The van der Waals surface area contributed by atoms with Crippen LogP contribution in [0.2, 0.25) is 0 Å². The number of hydrogen-bond donors (Lipinski definition) is 0. The molecule has 468 valence electrons. The van der Waals surface area contributed by atoms with E-state index < -0.39 is 6.10 Å². The van der Waals surface area contributed by atoms with Gasteiger partial charge in [0.05, 0.1) is 0 Å². The number of esters is 3. The molecule has 0 amide bonds. The number of carbonyl (C=O) groups is 3. The van der Waals surface area contributed by atoms with Gasteiger partial charge in [-0.05, 0) is 96.3 Å². The SMILES string of the molecule is CC/C=C\C/C=C\C/C=C\C/C=C\C/C=C\C/C=C\C/C=C\C/C=C\C/C=C\C/C=C\CCCCCCC(=O)OCC(COC(=O)CCCCCCCCCCC)OC(=O)CCCCCCCCCCCCCCCCCCCCCC. The fourth-order valence-electron chi connectivity index (χ4n) is 9.59. The molecule has 0 aliphatic rings. The third kappa shape index (κ3) is 66.6. The zero-order chi connectivity index (χ0) is 59.2. The summed E-state index contributed by atoms with van der Waals surface area (Å²) in [5, 5.41) is 0. The Morgan fingerprint density at radius 1 is 0.256 bits per heavy atom. The summed E-state index contributed by atoms with van der Waals surface area (Å²) < 4.78 is 16.9. The van der Waals surface area contributed by atoms with Gasteiger partial charge in [-0.15, -0.1) is 0 Å². The Kier molecular flexibility index (Phi) is 65.8. The van der Waals surface area contributed by atoms with Crippen LogP contribution in [0.1, 0.15) is 323 Å². The number of carbonyl (C=O) groups excluding carboxylic acids is 3. The first-order valence-corrected chi connectivity index (χ1v) is 34.5. The monoisotopic (exact) mass is 1140 g/mol. The maximum absolute atomic E-state index is 12.9. The van der Waals surface area contributed by atoms with Crippen molar-refractivity contribution < 1.29 is 28.6 Å². The minimum atomic E-state index is -0.787. The van der Waals surface area contributed by atoms with Crippen LogP contribution in [-0.4, -0.2) is 37.2 Å². The molecule has 0 saturated heterocycles. The number of unbranched alkanes of at least 4 members (excludes halogenated alkanes) is 31. The molecule has 0 heterocycles. The van der Waals surface area contributed by atoms with Gasteiger partial charge in [0.25, 0.3) is 0 Å². The molecule has 0 aliphatic heterocycles. The zero-order valence-electron chi connectivity index (χ0n) is 53.7. The van der Waals surface area contributed by atoms with Gasteiger partial charge < -0.3 is 14.2 Å². The van der Waals surface area contributed by atoms with Gasteiger partial charge in [0.15, 0.2) is 6.10 Å². The highest BCUT2D eigenvalue weighted by Crippen LogP contribution is 2.17. The van der Waals surface area contributed by atoms with E-state index in [1.807, 2.05) is 0 Å². The van der Waals surface area contributed by atoms with Gasteiger partial charge >= 0.3 is 17.9 Å². The van der Waals surface area contributed by atoms with E-state index in [1.54, 1.807) is 0 Å². The molecule has 0 bridgehead atoms. The van der Waals surface area contributed by atoms with E-state index in [4.69, 9.17) is 14.2 Å². The Morgan fingerprint density at radius 2 is 0.476 bits per heavy atom. The third-order valence-corrected chi connectivity index (χ3v) is 14.7. The van der Waals surface area contributed by atoms with Crippen molar-refractivity contribution in [3.8, 4) is 0 Å². The Bertz CT molecular complexity index is 1690. The van der Waals surface area contributed by atoms with Gasteiger partial charge in [-0.2, -0.15) is 0 Å². The van der Waals surface area contributed by atoms with Crippen LogP contribution >= 0.6 is 0 Å². The summed E-state index contributed by atoms with van der Waals surface area (Å²) in [6.07, 6.45) is 96.6. The molecule has 0 N–H and O–H groups in total. The molecule has 0 aromatic heterocycles. The molecular formula is C76H128O6. The van der Waals surface area contributed by atoms with E-state index in [1.165, 1.54) is 148 Å². The van der Waals surface area contributed by atoms with Gasteiger partial charge in [0, 0.05) is 19.3 Å². The second-order valence-electron chi connectivity index (χ2n) is 22.7. The van der Waals surface area contributed by atoms with Crippen LogP contribution in [0.15, 0.2) is 122 Å². The fourth-order valence-corrected chi connectivity index (χ4v) is 9.59. The van der Waals surface area contributed by atoms with Crippen molar-refractivity contribution in [1.82, 2.24) is 0 Å². The molecule has 6 nitrogen and oxygen atoms in total. The number of hydrogen-bond acceptors (Lipinski definition) is 6. The molecule has 0 radical (unpaired) electrons. The molecule has 0 aromatic rings. The quantitative estimate of drug-likeness (QED) is 0.0261. The lowest BCUT2D eigenvalue weighted by Crippen LogP contribution is -2.30. The zero-order valence-corrected chi connectivity index (χ0v) is 53.7. The molecule has 1 atom stereocenters. The summed E-state index contributed by atoms with van der Waals surface area (Å²) in [5.41, 5.74) is 0. The van der Waals surface area contributed by atoms with Crippen molar-refractivity contribution in [1.29, 1.82) is 0 Å². The largest absolute Gasteiger partial charge is 0.462 e. The topological polar surface area (TPSA) is 78.9 Å². The van der Waals surface area contributed by atoms with E-state index in [0.717, 1.165) is 135 Å². The van der Waals surface area contributed by atoms with Crippen molar-refractivity contribution in [2.24, 2.45) is 0 Å². The van der Waals surface area contributed by atoms with E-state index in [-0.39, 0.29) is 31.1 Å². The Balaban J connectivity index is 4.23. The number of allylic oxidation sites excluding steroid dienone is 20. The molecule has 0 aliphatic carbocycles. The van der Waals surface area contributed by atoms with Crippen molar-refractivity contribution >= 4 is 17.9 Å². The minimum absolute atomic E-state index is 0.0833. The smallest absolute Gasteiger partial charge is 0.306 e. The lowest BCUT2D eigenvalue weighted by atomic mass is 10.0. The molecule has 0 fully saturated rings. The summed E-state index contributed by atoms with van der Waals surface area (Å²) in [6.45, 7) is 6.52. The predicted molar refractivity (Wildman–Crippen MR) is 357 cm³/mol. The van der Waals surface area contributed by atoms with Gasteiger partial charge in [-0.3, -0.25) is 14.4 Å². The van der Waals surface area contributed by atoms with Crippen LogP contribution in [0.25, 0.3) is 0 Å². The molecule has 82 heavy (non-hydrogen) atoms. The Labute approximate surface area is 507 Å². The molecular weight excluding hydrogens is 1010 g/mol. The lowest BCUT2D eigenvalue weighted by Gasteiger charge is -2.18. The maximum atomic E-state index is 12.9. The van der Waals surface area contributed by atoms with Gasteiger partial charge in [0.1, 0.15) is 13.2 Å². The standard InChI is InChI=1S/C76H128O6/c1-4-7-10-13-16-19-21-23-25-27-29-31-32-33-34-35-36-37-38-39-40-41-42-43-44-45-47-48-50-52-54-57-60-63-66-69-75(78)81-72-73(71-80-74(77)68-65-62-59-56-18-15-12-9-6-3)82-76(79)70-67-64-61-58-55-53-51-49-46-30-28-26-24-22-20-17-14-11-8-5-2/h7,10,16,19,23,25,29,31,33-34,36-37,39-40,42-43,45,47,50,52,73H,4-6,8-9,11-15,17-18,20-22,24,26-28,30,32,35,38,41,44,46,48-49,51,53-72H2,1-3H3/b10-7-,19-16-,25-23-,31-29-,34-33-,37-36-,40-39-,43-42-,47-45-,52-50-. The van der Waals surface area contributed by atoms with Crippen LogP contribution < -0.4 is 0 Å². The highest BCUT2D eigenvalue weighted by molar-refractivity contribution is 5.71. The van der Waals surface area contributed by atoms with E-state index in [2.05, 4.69) is 142 Å². The van der Waals surface area contributed by atoms with Crippen LogP contribution in [-0.2, 0) is 28.6 Å². The second-order valence-corrected chi connectivity index (χ2v) is 22.7. The summed E-state index contributed by atoms with van der Waals surface area (Å²) in [4.78, 5) is 38.2. The molecule has 0 spiro atoms. The van der Waals surface area contributed by atoms with Gasteiger partial charge in [-0.25, -0.2) is 0 Å². The summed E-state index contributed by atoms with van der Waals surface area (Å²) in [6, 6.07) is 0. The lowest BCUT2D eigenvalue weighted by molar-refractivity contribution is -0.167. The van der Waals surface area contributed by atoms with Gasteiger partial charge in [-0.1, -0.05) is 328 Å². The number of ether oxygens (including phenoxy) is 3. The Morgan fingerprint density at radius 3 is 0.744 bits per heavy atom. The third-order valence-electron chi connectivity index (χ3n) is 14.7. The van der Waals surface area contributed by atoms with Crippen molar-refractivity contribution in [3.05, 3.63) is 122 Å². The molecule has 6 heteroatoms. The minimum Gasteiger partial charge on any atom is -0.462 e. The summed E-state index contributed by atoms with van der Waals surface area (Å²) in [5.74, 6) is -0.901. The summed E-state index contributed by atoms with van der Waals surface area (Å²) >= 11 is 0. The second kappa shape index (κ2) is 69.3. The van der Waals surface area contributed by atoms with Crippen molar-refractivity contribution in [2.75, 3.05) is 13.2 Å². The van der Waals surface area contributed by atoms with Crippen molar-refractivity contribution in [2.45, 2.75) is 329 Å². The van der Waals surface area contributed by atoms with Crippen LogP contribution in [0.4, 0.5) is 0 Å². The van der Waals surface area contributed by atoms with Crippen molar-refractivity contribution in [3.63, 3.8) is 0 Å².